The number of hydrogen-bond acceptors (Lipinski definition) is 0. The third-order valence-electron chi connectivity index (χ3n) is 2.81. The Labute approximate surface area is 86.2 Å². The minimum absolute atomic E-state index is 0.272. The lowest BCUT2D eigenvalue weighted by Gasteiger charge is -2.00. The lowest BCUT2D eigenvalue weighted by atomic mass is 10.1. The van der Waals surface area contributed by atoms with Crippen molar-refractivity contribution in [1.82, 2.24) is 0 Å². The molecule has 1 aliphatic rings. The molecule has 3 rings (SSSR count). The van der Waals surface area contributed by atoms with Crippen molar-refractivity contribution in [2.45, 2.75) is 6.42 Å². The maximum absolute atomic E-state index is 13.1. The highest BCUT2D eigenvalue weighted by Gasteiger charge is 2.18. The molecule has 0 radical (unpaired) electrons. The summed E-state index contributed by atoms with van der Waals surface area (Å²) < 4.78 is 26.1. The molecule has 1 aliphatic carbocycles. The summed E-state index contributed by atoms with van der Waals surface area (Å²) in [5.41, 5.74) is 3.78. The molecular formula is C13H8F2. The molecule has 0 atom stereocenters. The van der Waals surface area contributed by atoms with Crippen molar-refractivity contribution >= 4 is 0 Å². The maximum Gasteiger partial charge on any atom is 0.123 e. The van der Waals surface area contributed by atoms with Crippen LogP contribution in [0.15, 0.2) is 36.4 Å². The molecule has 0 fully saturated rings. The van der Waals surface area contributed by atoms with Crippen LogP contribution in [-0.4, -0.2) is 0 Å². The maximum atomic E-state index is 13.1. The predicted octanol–water partition coefficient (Wildman–Crippen LogP) is 3.54. The Bertz CT molecular complexity index is 495. The largest absolute Gasteiger partial charge is 0.207 e. The van der Waals surface area contributed by atoms with Crippen LogP contribution in [0.4, 0.5) is 8.78 Å². The summed E-state index contributed by atoms with van der Waals surface area (Å²) in [5, 5.41) is 0. The molecule has 0 amide bonds. The third-order valence-corrected chi connectivity index (χ3v) is 2.81. The van der Waals surface area contributed by atoms with Crippen LogP contribution < -0.4 is 0 Å². The first-order valence-corrected chi connectivity index (χ1v) is 4.81. The average molecular weight is 202 g/mol. The summed E-state index contributed by atoms with van der Waals surface area (Å²) in [5.74, 6) is -0.545. The van der Waals surface area contributed by atoms with E-state index in [4.69, 9.17) is 0 Å². The molecule has 0 N–H and O–H groups in total. The van der Waals surface area contributed by atoms with Crippen molar-refractivity contribution < 1.29 is 8.78 Å². The van der Waals surface area contributed by atoms with Gasteiger partial charge in [0.1, 0.15) is 11.6 Å². The second kappa shape index (κ2) is 2.89. The van der Waals surface area contributed by atoms with Gasteiger partial charge >= 0.3 is 0 Å². The smallest absolute Gasteiger partial charge is 0.123 e. The molecule has 0 spiro atoms. The van der Waals surface area contributed by atoms with E-state index in [1.54, 1.807) is 12.1 Å². The molecule has 2 aromatic rings. The van der Waals surface area contributed by atoms with Gasteiger partial charge in [-0.2, -0.15) is 0 Å². The van der Waals surface area contributed by atoms with Gasteiger partial charge in [-0.15, -0.1) is 0 Å². The van der Waals surface area contributed by atoms with E-state index in [0.29, 0.717) is 0 Å². The number of hydrogen-bond donors (Lipinski definition) is 0. The van der Waals surface area contributed by atoms with E-state index in [1.807, 2.05) is 0 Å². The molecule has 0 aliphatic heterocycles. The predicted molar refractivity (Wildman–Crippen MR) is 54.6 cm³/mol. The quantitative estimate of drug-likeness (QED) is 0.523. The molecule has 0 saturated carbocycles. The van der Waals surface area contributed by atoms with Crippen molar-refractivity contribution in [3.8, 4) is 11.1 Å². The highest BCUT2D eigenvalue weighted by atomic mass is 19.1. The Morgan fingerprint density at radius 1 is 0.733 bits per heavy atom. The van der Waals surface area contributed by atoms with Crippen molar-refractivity contribution in [1.29, 1.82) is 0 Å². The minimum Gasteiger partial charge on any atom is -0.207 e. The summed E-state index contributed by atoms with van der Waals surface area (Å²) in [6, 6.07) is 9.37. The van der Waals surface area contributed by atoms with E-state index in [0.717, 1.165) is 28.7 Å². The van der Waals surface area contributed by atoms with Gasteiger partial charge in [-0.05, 0) is 52.9 Å². The first-order valence-electron chi connectivity index (χ1n) is 4.81. The Morgan fingerprint density at radius 3 is 1.67 bits per heavy atom. The molecule has 0 saturated heterocycles. The van der Waals surface area contributed by atoms with Crippen molar-refractivity contribution in [2.75, 3.05) is 0 Å². The monoisotopic (exact) mass is 202 g/mol. The van der Waals surface area contributed by atoms with Crippen molar-refractivity contribution in [3.63, 3.8) is 0 Å². The fourth-order valence-corrected chi connectivity index (χ4v) is 2.11. The topological polar surface area (TPSA) is 0 Å². The SMILES string of the molecule is Fc1ccc2c(c1)-c1cc(F)ccc1C2. The van der Waals surface area contributed by atoms with Crippen molar-refractivity contribution in [2.24, 2.45) is 0 Å². The third kappa shape index (κ3) is 1.25. The molecule has 74 valence electrons. The zero-order chi connectivity index (χ0) is 10.4. The van der Waals surface area contributed by atoms with E-state index in [9.17, 15) is 8.78 Å². The molecule has 2 aromatic carbocycles. The minimum atomic E-state index is -0.272. The van der Waals surface area contributed by atoms with Gasteiger partial charge in [0, 0.05) is 0 Å². The summed E-state index contributed by atoms with van der Waals surface area (Å²) in [4.78, 5) is 0. The fourth-order valence-electron chi connectivity index (χ4n) is 2.11. The van der Waals surface area contributed by atoms with Crippen LogP contribution in [0, 0.1) is 11.6 Å². The number of fused-ring (bicyclic) bond motifs is 3. The zero-order valence-corrected chi connectivity index (χ0v) is 7.93. The highest BCUT2D eigenvalue weighted by molar-refractivity contribution is 5.76. The summed E-state index contributed by atoms with van der Waals surface area (Å²) >= 11 is 0. The van der Waals surface area contributed by atoms with Crippen LogP contribution in [-0.2, 0) is 6.42 Å². The second-order valence-corrected chi connectivity index (χ2v) is 3.78. The molecule has 0 nitrogen and oxygen atoms in total. The molecule has 0 heterocycles. The number of halogens is 2. The first-order chi connectivity index (χ1) is 7.24. The average Bonchev–Trinajstić information content (AvgIpc) is 2.56. The van der Waals surface area contributed by atoms with E-state index in [1.165, 1.54) is 24.3 Å². The number of rotatable bonds is 0. The van der Waals surface area contributed by atoms with Gasteiger partial charge in [-0.25, -0.2) is 8.78 Å². The van der Waals surface area contributed by atoms with Gasteiger partial charge < -0.3 is 0 Å². The second-order valence-electron chi connectivity index (χ2n) is 3.78. The van der Waals surface area contributed by atoms with Gasteiger partial charge in [0.25, 0.3) is 0 Å². The molecule has 15 heavy (non-hydrogen) atoms. The standard InChI is InChI=1S/C13H8F2/c14-10-3-1-8-5-9-2-4-11(15)7-13(9)12(8)6-10/h1-4,6-7H,5H2. The van der Waals surface area contributed by atoms with Crippen molar-refractivity contribution in [3.05, 3.63) is 59.2 Å². The van der Waals surface area contributed by atoms with Crippen LogP contribution in [0.2, 0.25) is 0 Å². The Balaban J connectivity index is 2.28. The number of benzene rings is 2. The van der Waals surface area contributed by atoms with Gasteiger partial charge in [0.15, 0.2) is 0 Å². The van der Waals surface area contributed by atoms with E-state index in [2.05, 4.69) is 0 Å². The molecule has 2 heteroatoms. The summed E-state index contributed by atoms with van der Waals surface area (Å²) in [6.45, 7) is 0. The van der Waals surface area contributed by atoms with Crippen LogP contribution in [0.25, 0.3) is 11.1 Å². The lowest BCUT2D eigenvalue weighted by molar-refractivity contribution is 0.626. The van der Waals surface area contributed by atoms with Crippen LogP contribution in [0.1, 0.15) is 11.1 Å². The summed E-state index contributed by atoms with van der Waals surface area (Å²) in [6.07, 6.45) is 0.769. The Hall–Kier alpha value is -1.70. The van der Waals surface area contributed by atoms with E-state index >= 15 is 0 Å². The van der Waals surface area contributed by atoms with Gasteiger partial charge in [-0.1, -0.05) is 12.1 Å². The lowest BCUT2D eigenvalue weighted by Crippen LogP contribution is -1.81. The van der Waals surface area contributed by atoms with Gasteiger partial charge in [0.2, 0.25) is 0 Å². The van der Waals surface area contributed by atoms with Crippen LogP contribution >= 0.6 is 0 Å². The summed E-state index contributed by atoms with van der Waals surface area (Å²) in [7, 11) is 0. The van der Waals surface area contributed by atoms with E-state index in [-0.39, 0.29) is 11.6 Å². The highest BCUT2D eigenvalue weighted by Crippen LogP contribution is 2.37. The molecular weight excluding hydrogens is 194 g/mol. The normalized spacial score (nSPS) is 12.4. The Morgan fingerprint density at radius 2 is 1.20 bits per heavy atom. The Kier molecular flexibility index (Phi) is 1.66. The van der Waals surface area contributed by atoms with Crippen LogP contribution in [0.5, 0.6) is 0 Å². The first kappa shape index (κ1) is 8.60. The van der Waals surface area contributed by atoms with Gasteiger partial charge in [-0.3, -0.25) is 0 Å². The van der Waals surface area contributed by atoms with Gasteiger partial charge in [0.05, 0.1) is 0 Å². The molecule has 0 bridgehead atoms. The zero-order valence-electron chi connectivity index (χ0n) is 7.93. The molecule has 0 unspecified atom stereocenters. The van der Waals surface area contributed by atoms with Crippen LogP contribution in [0.3, 0.4) is 0 Å². The van der Waals surface area contributed by atoms with E-state index < -0.39 is 0 Å². The fraction of sp³-hybridized carbons (Fsp3) is 0.0769. The molecule has 0 aromatic heterocycles.